The summed E-state index contributed by atoms with van der Waals surface area (Å²) in [6.07, 6.45) is 0. The van der Waals surface area contributed by atoms with Crippen molar-refractivity contribution in [2.75, 3.05) is 0 Å². The molecule has 0 saturated carbocycles. The van der Waals surface area contributed by atoms with Crippen molar-refractivity contribution in [3.8, 4) is 6.07 Å². The van der Waals surface area contributed by atoms with E-state index in [4.69, 9.17) is 23.2 Å². The standard InChI is InChI=1S/C15H8Cl2FNO/c16-13-6-2-5-11(14(13)17)15(20)12(8-19)9-3-1-4-10(18)7-9/h1-7,12H. The zero-order chi connectivity index (χ0) is 14.7. The van der Waals surface area contributed by atoms with E-state index in [1.807, 2.05) is 6.07 Å². The molecule has 5 heteroatoms. The molecule has 0 aliphatic rings. The van der Waals surface area contributed by atoms with Crippen LogP contribution in [0, 0.1) is 17.1 Å². The number of benzene rings is 2. The first-order valence-corrected chi connectivity index (χ1v) is 6.43. The van der Waals surface area contributed by atoms with Crippen LogP contribution in [0.1, 0.15) is 21.8 Å². The molecule has 0 spiro atoms. The van der Waals surface area contributed by atoms with Gasteiger partial charge < -0.3 is 0 Å². The van der Waals surface area contributed by atoms with E-state index < -0.39 is 17.5 Å². The Kier molecular flexibility index (Phi) is 4.39. The molecule has 0 aromatic heterocycles. The molecule has 0 amide bonds. The highest BCUT2D eigenvalue weighted by molar-refractivity contribution is 6.44. The molecule has 0 N–H and O–H groups in total. The van der Waals surface area contributed by atoms with E-state index in [0.717, 1.165) is 6.07 Å². The molecule has 0 heterocycles. The molecule has 2 aromatic carbocycles. The fraction of sp³-hybridized carbons (Fsp3) is 0.0667. The van der Waals surface area contributed by atoms with E-state index >= 15 is 0 Å². The summed E-state index contributed by atoms with van der Waals surface area (Å²) in [6.45, 7) is 0. The van der Waals surface area contributed by atoms with E-state index in [1.54, 1.807) is 12.1 Å². The third-order valence-corrected chi connectivity index (χ3v) is 3.61. The number of rotatable bonds is 3. The van der Waals surface area contributed by atoms with Crippen molar-refractivity contribution in [3.05, 3.63) is 69.5 Å². The van der Waals surface area contributed by atoms with Gasteiger partial charge in [-0.25, -0.2) is 4.39 Å². The first-order valence-electron chi connectivity index (χ1n) is 5.68. The Bertz CT molecular complexity index is 709. The molecule has 0 aliphatic heterocycles. The Morgan fingerprint density at radius 2 is 1.90 bits per heavy atom. The molecule has 2 nitrogen and oxygen atoms in total. The Morgan fingerprint density at radius 1 is 1.20 bits per heavy atom. The maximum atomic E-state index is 13.2. The van der Waals surface area contributed by atoms with Crippen LogP contribution >= 0.6 is 23.2 Å². The predicted molar refractivity (Wildman–Crippen MR) is 75.5 cm³/mol. The minimum absolute atomic E-state index is 0.0934. The molecule has 2 rings (SSSR count). The average Bonchev–Trinajstić information content (AvgIpc) is 2.42. The topological polar surface area (TPSA) is 40.9 Å². The van der Waals surface area contributed by atoms with Gasteiger partial charge in [0.2, 0.25) is 0 Å². The number of Topliss-reactive ketones (excluding diaryl/α,β-unsaturated/α-hetero) is 1. The molecular weight excluding hydrogens is 300 g/mol. The van der Waals surface area contributed by atoms with Gasteiger partial charge in [0.15, 0.2) is 5.78 Å². The van der Waals surface area contributed by atoms with Crippen LogP contribution in [0.4, 0.5) is 4.39 Å². The normalized spacial score (nSPS) is 11.7. The Balaban J connectivity index is 2.45. The van der Waals surface area contributed by atoms with Crippen LogP contribution in [0.15, 0.2) is 42.5 Å². The van der Waals surface area contributed by atoms with Crippen LogP contribution in [0.25, 0.3) is 0 Å². The van der Waals surface area contributed by atoms with Crippen molar-refractivity contribution >= 4 is 29.0 Å². The smallest absolute Gasteiger partial charge is 0.186 e. The molecule has 0 aliphatic carbocycles. The average molecular weight is 308 g/mol. The molecule has 20 heavy (non-hydrogen) atoms. The van der Waals surface area contributed by atoms with Crippen molar-refractivity contribution < 1.29 is 9.18 Å². The summed E-state index contributed by atoms with van der Waals surface area (Å²) >= 11 is 11.8. The van der Waals surface area contributed by atoms with Gasteiger partial charge in [-0.1, -0.05) is 41.4 Å². The fourth-order valence-corrected chi connectivity index (χ4v) is 2.21. The second-order valence-electron chi connectivity index (χ2n) is 4.08. The number of ketones is 1. The van der Waals surface area contributed by atoms with Crippen molar-refractivity contribution in [2.45, 2.75) is 5.92 Å². The second kappa shape index (κ2) is 6.04. The lowest BCUT2D eigenvalue weighted by molar-refractivity contribution is 0.0979. The molecule has 100 valence electrons. The van der Waals surface area contributed by atoms with Gasteiger partial charge in [0.25, 0.3) is 0 Å². The van der Waals surface area contributed by atoms with Crippen molar-refractivity contribution in [1.29, 1.82) is 5.26 Å². The summed E-state index contributed by atoms with van der Waals surface area (Å²) in [5, 5.41) is 9.52. The Hall–Kier alpha value is -1.89. The second-order valence-corrected chi connectivity index (χ2v) is 4.87. The van der Waals surface area contributed by atoms with Gasteiger partial charge >= 0.3 is 0 Å². The summed E-state index contributed by atoms with van der Waals surface area (Å²) in [6, 6.07) is 11.8. The van der Waals surface area contributed by atoms with Gasteiger partial charge in [0.05, 0.1) is 16.1 Å². The SMILES string of the molecule is N#CC(C(=O)c1cccc(Cl)c1Cl)c1cccc(F)c1. The highest BCUT2D eigenvalue weighted by Gasteiger charge is 2.24. The van der Waals surface area contributed by atoms with Gasteiger partial charge in [-0.3, -0.25) is 4.79 Å². The Labute approximate surface area is 125 Å². The first-order chi connectivity index (χ1) is 9.54. The van der Waals surface area contributed by atoms with Crippen LogP contribution < -0.4 is 0 Å². The van der Waals surface area contributed by atoms with Crippen molar-refractivity contribution in [2.24, 2.45) is 0 Å². The van der Waals surface area contributed by atoms with Crippen molar-refractivity contribution in [1.82, 2.24) is 0 Å². The minimum atomic E-state index is -1.12. The van der Waals surface area contributed by atoms with Gasteiger partial charge in [0, 0.05) is 5.56 Å². The minimum Gasteiger partial charge on any atom is -0.292 e. The zero-order valence-electron chi connectivity index (χ0n) is 10.1. The van der Waals surface area contributed by atoms with E-state index in [9.17, 15) is 14.4 Å². The lowest BCUT2D eigenvalue weighted by Gasteiger charge is -2.10. The molecular formula is C15H8Cl2FNO. The molecule has 1 atom stereocenters. The number of carbonyl (C=O) groups excluding carboxylic acids is 1. The highest BCUT2D eigenvalue weighted by atomic mass is 35.5. The largest absolute Gasteiger partial charge is 0.292 e. The van der Waals surface area contributed by atoms with Gasteiger partial charge in [-0.05, 0) is 29.8 Å². The van der Waals surface area contributed by atoms with Crippen LogP contribution in [-0.4, -0.2) is 5.78 Å². The van der Waals surface area contributed by atoms with Crippen molar-refractivity contribution in [3.63, 3.8) is 0 Å². The summed E-state index contributed by atoms with van der Waals surface area (Å²) < 4.78 is 13.2. The number of nitrogens with zero attached hydrogens (tertiary/aromatic N) is 1. The summed E-state index contributed by atoms with van der Waals surface area (Å²) in [5.41, 5.74) is 0.434. The number of nitriles is 1. The zero-order valence-corrected chi connectivity index (χ0v) is 11.6. The maximum absolute atomic E-state index is 13.2. The molecule has 0 fully saturated rings. The van der Waals surface area contributed by atoms with E-state index in [2.05, 4.69) is 0 Å². The van der Waals surface area contributed by atoms with E-state index in [1.165, 1.54) is 24.3 Å². The highest BCUT2D eigenvalue weighted by Crippen LogP contribution is 2.30. The predicted octanol–water partition coefficient (Wildman–Crippen LogP) is 4.62. The van der Waals surface area contributed by atoms with Gasteiger partial charge in [-0.15, -0.1) is 0 Å². The Morgan fingerprint density at radius 3 is 2.55 bits per heavy atom. The maximum Gasteiger partial charge on any atom is 0.186 e. The molecule has 2 aromatic rings. The first kappa shape index (κ1) is 14.5. The van der Waals surface area contributed by atoms with Crippen LogP contribution in [0.2, 0.25) is 10.0 Å². The summed E-state index contributed by atoms with van der Waals surface area (Å²) in [7, 11) is 0. The lowest BCUT2D eigenvalue weighted by atomic mass is 9.92. The lowest BCUT2D eigenvalue weighted by Crippen LogP contribution is -2.12. The number of carbonyl (C=O) groups is 1. The van der Waals surface area contributed by atoms with Crippen LogP contribution in [-0.2, 0) is 0 Å². The molecule has 0 bridgehead atoms. The third-order valence-electron chi connectivity index (χ3n) is 2.79. The van der Waals surface area contributed by atoms with Crippen LogP contribution in [0.3, 0.4) is 0 Å². The molecule has 0 radical (unpaired) electrons. The summed E-state index contributed by atoms with van der Waals surface area (Å²) in [5.74, 6) is -2.14. The van der Waals surface area contributed by atoms with E-state index in [-0.39, 0.29) is 21.2 Å². The monoisotopic (exact) mass is 307 g/mol. The fourth-order valence-electron chi connectivity index (χ4n) is 1.82. The molecule has 0 saturated heterocycles. The van der Waals surface area contributed by atoms with E-state index in [0.29, 0.717) is 0 Å². The number of hydrogen-bond acceptors (Lipinski definition) is 2. The van der Waals surface area contributed by atoms with Gasteiger partial charge in [-0.2, -0.15) is 5.26 Å². The number of hydrogen-bond donors (Lipinski definition) is 0. The number of halogens is 3. The van der Waals surface area contributed by atoms with Crippen LogP contribution in [0.5, 0.6) is 0 Å². The third kappa shape index (κ3) is 2.82. The molecule has 1 unspecified atom stereocenters. The van der Waals surface area contributed by atoms with Gasteiger partial charge in [0.1, 0.15) is 11.7 Å². The quantitative estimate of drug-likeness (QED) is 0.776. The summed E-state index contributed by atoms with van der Waals surface area (Å²) in [4.78, 5) is 12.4.